The van der Waals surface area contributed by atoms with Crippen LogP contribution in [0, 0.1) is 0 Å². The van der Waals surface area contributed by atoms with Gasteiger partial charge in [0, 0.05) is 18.8 Å². The van der Waals surface area contributed by atoms with E-state index in [-0.39, 0.29) is 19.1 Å². The van der Waals surface area contributed by atoms with Crippen LogP contribution in [0.2, 0.25) is 0 Å². The highest BCUT2D eigenvalue weighted by Crippen LogP contribution is 2.28. The van der Waals surface area contributed by atoms with Crippen molar-refractivity contribution in [2.45, 2.75) is 17.2 Å². The van der Waals surface area contributed by atoms with E-state index < -0.39 is 10.0 Å². The van der Waals surface area contributed by atoms with E-state index in [1.165, 1.54) is 15.6 Å². The first-order valence-electron chi connectivity index (χ1n) is 9.68. The third kappa shape index (κ3) is 4.90. The summed E-state index contributed by atoms with van der Waals surface area (Å²) in [5.74, 6) is 0.978. The third-order valence-corrected chi connectivity index (χ3v) is 8.20. The molecule has 0 unspecified atom stereocenters. The van der Waals surface area contributed by atoms with E-state index in [0.717, 1.165) is 11.1 Å². The number of benzene rings is 2. The summed E-state index contributed by atoms with van der Waals surface area (Å²) in [6, 6.07) is 15.9. The Bertz CT molecular complexity index is 1160. The molecule has 9 heteroatoms. The summed E-state index contributed by atoms with van der Waals surface area (Å²) in [7, 11) is -1.92. The normalized spacial score (nSPS) is 14.0. The molecule has 0 aliphatic carbocycles. The van der Waals surface area contributed by atoms with Gasteiger partial charge in [0.05, 0.1) is 7.11 Å². The van der Waals surface area contributed by atoms with E-state index >= 15 is 0 Å². The average Bonchev–Trinajstić information content (AvgIpc) is 3.33. The van der Waals surface area contributed by atoms with Crippen molar-refractivity contribution >= 4 is 33.0 Å². The number of methoxy groups -OCH3 is 1. The lowest BCUT2D eigenvalue weighted by Crippen LogP contribution is -2.35. The lowest BCUT2D eigenvalue weighted by atomic mass is 10.0. The second kappa shape index (κ2) is 9.09. The van der Waals surface area contributed by atoms with Crippen LogP contribution >= 0.6 is 11.3 Å². The van der Waals surface area contributed by atoms with Gasteiger partial charge in [0.25, 0.3) is 15.9 Å². The fraction of sp³-hybridized carbons (Fsp3) is 0.227. The van der Waals surface area contributed by atoms with Crippen LogP contribution in [0.4, 0.5) is 5.69 Å². The summed E-state index contributed by atoms with van der Waals surface area (Å²) in [6.45, 7) is 0.582. The molecule has 0 bridgehead atoms. The minimum Gasteiger partial charge on any atom is -0.497 e. The van der Waals surface area contributed by atoms with Crippen molar-refractivity contribution in [2.75, 3.05) is 25.6 Å². The van der Waals surface area contributed by atoms with Crippen molar-refractivity contribution in [1.29, 1.82) is 0 Å². The van der Waals surface area contributed by atoms with Crippen LogP contribution in [0.5, 0.6) is 11.5 Å². The van der Waals surface area contributed by atoms with Gasteiger partial charge in [-0.1, -0.05) is 12.1 Å². The zero-order chi connectivity index (χ0) is 21.8. The number of nitrogens with one attached hydrogen (secondary N) is 1. The molecule has 1 aliphatic heterocycles. The molecule has 2 aromatic carbocycles. The SMILES string of the molecule is COc1ccc(OCC(=O)Nc2ccc3c(c2)CN(S(=O)(=O)c2cccs2)CC3)cc1. The highest BCUT2D eigenvalue weighted by atomic mass is 32.2. The van der Waals surface area contributed by atoms with Gasteiger partial charge in [0.1, 0.15) is 15.7 Å². The molecule has 162 valence electrons. The number of carbonyl (C=O) groups excluding carboxylic acids is 1. The number of thiophene rings is 1. The molecule has 0 fully saturated rings. The van der Waals surface area contributed by atoms with E-state index in [9.17, 15) is 13.2 Å². The molecule has 0 atom stereocenters. The third-order valence-electron chi connectivity index (χ3n) is 4.99. The summed E-state index contributed by atoms with van der Waals surface area (Å²) < 4.78 is 38.1. The Morgan fingerprint density at radius 3 is 2.58 bits per heavy atom. The molecule has 0 spiro atoms. The molecule has 0 radical (unpaired) electrons. The Kier molecular flexibility index (Phi) is 6.26. The average molecular weight is 459 g/mol. The molecule has 0 saturated carbocycles. The van der Waals surface area contributed by atoms with Crippen LogP contribution in [0.15, 0.2) is 64.2 Å². The summed E-state index contributed by atoms with van der Waals surface area (Å²) in [4.78, 5) is 12.3. The Balaban J connectivity index is 1.39. The molecular weight excluding hydrogens is 436 g/mol. The first-order chi connectivity index (χ1) is 15.0. The maximum absolute atomic E-state index is 12.8. The van der Waals surface area contributed by atoms with Crippen LogP contribution in [0.3, 0.4) is 0 Å². The highest BCUT2D eigenvalue weighted by molar-refractivity contribution is 7.91. The standard InChI is InChI=1S/C22H22N2O5S2/c1-28-19-6-8-20(9-7-19)29-15-21(25)23-18-5-4-16-10-11-24(14-17(16)13-18)31(26,27)22-3-2-12-30-22/h2-9,12-13H,10-11,14-15H2,1H3,(H,23,25). The number of hydrogen-bond acceptors (Lipinski definition) is 6. The molecular formula is C22H22N2O5S2. The Hall–Kier alpha value is -2.88. The van der Waals surface area contributed by atoms with Crippen LogP contribution in [-0.4, -0.2) is 38.9 Å². The van der Waals surface area contributed by atoms with E-state index in [0.29, 0.717) is 34.4 Å². The number of carbonyl (C=O) groups is 1. The van der Waals surface area contributed by atoms with Crippen molar-refractivity contribution in [3.8, 4) is 11.5 Å². The van der Waals surface area contributed by atoms with Crippen molar-refractivity contribution in [2.24, 2.45) is 0 Å². The monoisotopic (exact) mass is 458 g/mol. The second-order valence-electron chi connectivity index (χ2n) is 7.02. The van der Waals surface area contributed by atoms with Crippen molar-refractivity contribution in [3.63, 3.8) is 0 Å². The van der Waals surface area contributed by atoms with Gasteiger partial charge in [-0.2, -0.15) is 4.31 Å². The van der Waals surface area contributed by atoms with Crippen molar-refractivity contribution in [1.82, 2.24) is 4.31 Å². The van der Waals surface area contributed by atoms with Crippen LogP contribution in [0.1, 0.15) is 11.1 Å². The number of rotatable bonds is 7. The Morgan fingerprint density at radius 1 is 1.10 bits per heavy atom. The Morgan fingerprint density at radius 2 is 1.87 bits per heavy atom. The number of fused-ring (bicyclic) bond motifs is 1. The molecule has 4 rings (SSSR count). The molecule has 1 amide bonds. The van der Waals surface area contributed by atoms with E-state index in [2.05, 4.69) is 5.32 Å². The summed E-state index contributed by atoms with van der Waals surface area (Å²) in [5, 5.41) is 4.57. The van der Waals surface area contributed by atoms with Gasteiger partial charge in [0.15, 0.2) is 6.61 Å². The van der Waals surface area contributed by atoms with Gasteiger partial charge in [-0.3, -0.25) is 4.79 Å². The smallest absolute Gasteiger partial charge is 0.262 e. The first kappa shape index (κ1) is 21.4. The van der Waals surface area contributed by atoms with Gasteiger partial charge in [0.2, 0.25) is 0 Å². The first-order valence-corrected chi connectivity index (χ1v) is 12.0. The van der Waals surface area contributed by atoms with Crippen LogP contribution in [0.25, 0.3) is 0 Å². The summed E-state index contributed by atoms with van der Waals surface area (Å²) in [5.41, 5.74) is 2.59. The molecule has 3 aromatic rings. The highest BCUT2D eigenvalue weighted by Gasteiger charge is 2.29. The van der Waals surface area contributed by atoms with Crippen LogP contribution in [-0.2, 0) is 27.8 Å². The summed E-state index contributed by atoms with van der Waals surface area (Å²) >= 11 is 1.21. The maximum Gasteiger partial charge on any atom is 0.262 e. The second-order valence-corrected chi connectivity index (χ2v) is 10.1. The van der Waals surface area contributed by atoms with Crippen molar-refractivity contribution < 1.29 is 22.7 Å². The van der Waals surface area contributed by atoms with E-state index in [1.54, 1.807) is 48.9 Å². The zero-order valence-corrected chi connectivity index (χ0v) is 18.5. The molecule has 2 heterocycles. The maximum atomic E-state index is 12.8. The van der Waals surface area contributed by atoms with Gasteiger partial charge in [-0.25, -0.2) is 8.42 Å². The number of sulfonamides is 1. The van der Waals surface area contributed by atoms with Crippen molar-refractivity contribution in [3.05, 3.63) is 71.1 Å². The number of amides is 1. The topological polar surface area (TPSA) is 84.9 Å². The molecule has 7 nitrogen and oxygen atoms in total. The number of nitrogens with zero attached hydrogens (tertiary/aromatic N) is 1. The quantitative estimate of drug-likeness (QED) is 0.586. The number of ether oxygens (including phenoxy) is 2. The molecule has 1 aromatic heterocycles. The number of anilines is 1. The van der Waals surface area contributed by atoms with Crippen LogP contribution < -0.4 is 14.8 Å². The van der Waals surface area contributed by atoms with Gasteiger partial charge >= 0.3 is 0 Å². The predicted octanol–water partition coefficient (Wildman–Crippen LogP) is 3.52. The summed E-state index contributed by atoms with van der Waals surface area (Å²) in [6.07, 6.45) is 0.634. The molecule has 1 N–H and O–H groups in total. The molecule has 1 aliphatic rings. The molecule has 0 saturated heterocycles. The van der Waals surface area contributed by atoms with Gasteiger partial charge < -0.3 is 14.8 Å². The fourth-order valence-corrected chi connectivity index (χ4v) is 5.93. The zero-order valence-electron chi connectivity index (χ0n) is 16.9. The molecule has 31 heavy (non-hydrogen) atoms. The lowest BCUT2D eigenvalue weighted by molar-refractivity contribution is -0.118. The fourth-order valence-electron chi connectivity index (χ4n) is 3.37. The Labute approximate surface area is 185 Å². The largest absolute Gasteiger partial charge is 0.497 e. The van der Waals surface area contributed by atoms with Gasteiger partial charge in [-0.05, 0) is 65.4 Å². The lowest BCUT2D eigenvalue weighted by Gasteiger charge is -2.28. The number of hydrogen-bond donors (Lipinski definition) is 1. The van der Waals surface area contributed by atoms with Gasteiger partial charge in [-0.15, -0.1) is 11.3 Å². The minimum absolute atomic E-state index is 0.137. The minimum atomic E-state index is -3.51. The predicted molar refractivity (Wildman–Crippen MR) is 119 cm³/mol. The van der Waals surface area contributed by atoms with E-state index in [4.69, 9.17) is 9.47 Å². The van der Waals surface area contributed by atoms with E-state index in [1.807, 2.05) is 18.2 Å².